The Kier molecular flexibility index (Phi) is 4.14. The van der Waals surface area contributed by atoms with Crippen LogP contribution in [-0.4, -0.2) is 27.7 Å². The van der Waals surface area contributed by atoms with Crippen molar-refractivity contribution in [2.75, 3.05) is 6.54 Å². The summed E-state index contributed by atoms with van der Waals surface area (Å²) in [5.74, 6) is 0. The van der Waals surface area contributed by atoms with Crippen LogP contribution in [0.3, 0.4) is 0 Å². The molecule has 6 nitrogen and oxygen atoms in total. The summed E-state index contributed by atoms with van der Waals surface area (Å²) in [5, 5.41) is 24.4. The van der Waals surface area contributed by atoms with Crippen LogP contribution in [0.5, 0.6) is 0 Å². The van der Waals surface area contributed by atoms with E-state index in [1.807, 2.05) is 0 Å². The highest BCUT2D eigenvalue weighted by atomic mass is 35.5. The summed E-state index contributed by atoms with van der Waals surface area (Å²) in [7, 11) is 0. The number of aromatic nitrogens is 2. The van der Waals surface area contributed by atoms with Crippen LogP contribution in [-0.2, 0) is 6.42 Å². The second-order valence-electron chi connectivity index (χ2n) is 4.93. The topological polar surface area (TPSA) is 81.0 Å². The van der Waals surface area contributed by atoms with E-state index in [0.717, 1.165) is 18.0 Å². The van der Waals surface area contributed by atoms with Crippen LogP contribution in [0.25, 0.3) is 10.6 Å². The van der Waals surface area contributed by atoms with Gasteiger partial charge in [0.1, 0.15) is 10.0 Å². The maximum atomic E-state index is 10.9. The highest BCUT2D eigenvalue weighted by molar-refractivity contribution is 7.14. The third-order valence-corrected chi connectivity index (χ3v) is 4.41. The van der Waals surface area contributed by atoms with Gasteiger partial charge in [-0.25, -0.2) is 0 Å². The summed E-state index contributed by atoms with van der Waals surface area (Å²) in [6, 6.07) is 5.14. The van der Waals surface area contributed by atoms with Crippen LogP contribution in [0.2, 0.25) is 5.02 Å². The van der Waals surface area contributed by atoms with Crippen molar-refractivity contribution in [2.24, 2.45) is 0 Å². The number of nitro groups is 1. The molecular formula is C13H13ClN4O2S. The summed E-state index contributed by atoms with van der Waals surface area (Å²) in [4.78, 5) is 10.4. The van der Waals surface area contributed by atoms with Crippen molar-refractivity contribution in [2.45, 2.75) is 25.3 Å². The molecule has 0 amide bonds. The molecule has 1 aromatic carbocycles. The predicted octanol–water partition coefficient (Wildman–Crippen LogP) is 3.06. The Balaban J connectivity index is 1.73. The molecule has 21 heavy (non-hydrogen) atoms. The van der Waals surface area contributed by atoms with Crippen molar-refractivity contribution in [1.29, 1.82) is 0 Å². The minimum absolute atomic E-state index is 0.0374. The second kappa shape index (κ2) is 6.05. The fraction of sp³-hybridized carbons (Fsp3) is 0.385. The van der Waals surface area contributed by atoms with Crippen molar-refractivity contribution < 1.29 is 4.92 Å². The van der Waals surface area contributed by atoms with E-state index in [2.05, 4.69) is 15.5 Å². The first-order chi connectivity index (χ1) is 10.1. The van der Waals surface area contributed by atoms with Crippen LogP contribution in [0, 0.1) is 10.1 Å². The Morgan fingerprint density at radius 1 is 1.38 bits per heavy atom. The molecule has 1 aliphatic rings. The number of hydrogen-bond acceptors (Lipinski definition) is 6. The zero-order valence-electron chi connectivity index (χ0n) is 11.1. The second-order valence-corrected chi connectivity index (χ2v) is 6.43. The van der Waals surface area contributed by atoms with E-state index in [4.69, 9.17) is 11.6 Å². The Bertz CT molecular complexity index is 672. The SMILES string of the molecule is O=[N+]([O-])c1cc(Cl)cc(-c2nnc(CCNC3CC3)s2)c1. The summed E-state index contributed by atoms with van der Waals surface area (Å²) in [6.07, 6.45) is 3.33. The molecular weight excluding hydrogens is 312 g/mol. The molecule has 8 heteroatoms. The molecule has 0 atom stereocenters. The van der Waals surface area contributed by atoms with Gasteiger partial charge in [0.2, 0.25) is 0 Å². The molecule has 2 aromatic rings. The fourth-order valence-electron chi connectivity index (χ4n) is 1.95. The number of hydrogen-bond donors (Lipinski definition) is 1. The van der Waals surface area contributed by atoms with E-state index in [1.54, 1.807) is 6.07 Å². The zero-order valence-corrected chi connectivity index (χ0v) is 12.7. The standard InChI is InChI=1S/C13H13ClN4O2S/c14-9-5-8(6-11(7-9)18(19)20)13-17-16-12(21-13)3-4-15-10-1-2-10/h5-7,10,15H,1-4H2. The molecule has 1 saturated carbocycles. The number of nitrogens with one attached hydrogen (secondary N) is 1. The molecule has 1 N–H and O–H groups in total. The average Bonchev–Trinajstić information content (AvgIpc) is 3.14. The van der Waals surface area contributed by atoms with Gasteiger partial charge in [0.25, 0.3) is 5.69 Å². The monoisotopic (exact) mass is 324 g/mol. The normalized spacial score (nSPS) is 14.3. The third-order valence-electron chi connectivity index (χ3n) is 3.16. The van der Waals surface area contributed by atoms with Crippen LogP contribution in [0.15, 0.2) is 18.2 Å². The number of nitrogens with zero attached hydrogens (tertiary/aromatic N) is 3. The van der Waals surface area contributed by atoms with E-state index in [0.29, 0.717) is 21.6 Å². The molecule has 0 spiro atoms. The van der Waals surface area contributed by atoms with Crippen LogP contribution in [0.1, 0.15) is 17.8 Å². The van der Waals surface area contributed by atoms with Gasteiger partial charge in [-0.05, 0) is 18.9 Å². The van der Waals surface area contributed by atoms with Crippen LogP contribution in [0.4, 0.5) is 5.69 Å². The Hall–Kier alpha value is -1.57. The number of halogens is 1. The Labute approximate surface area is 130 Å². The minimum atomic E-state index is -0.461. The van der Waals surface area contributed by atoms with Gasteiger partial charge in [0, 0.05) is 41.7 Å². The molecule has 0 radical (unpaired) electrons. The summed E-state index contributed by atoms with van der Waals surface area (Å²) in [5.41, 5.74) is 0.595. The van der Waals surface area contributed by atoms with E-state index in [1.165, 1.54) is 36.3 Å². The molecule has 1 aromatic heterocycles. The van der Waals surface area contributed by atoms with Crippen LogP contribution < -0.4 is 5.32 Å². The number of benzene rings is 1. The van der Waals surface area contributed by atoms with Gasteiger partial charge in [-0.3, -0.25) is 10.1 Å². The predicted molar refractivity (Wildman–Crippen MR) is 81.7 cm³/mol. The first-order valence-corrected chi connectivity index (χ1v) is 7.82. The summed E-state index contributed by atoms with van der Waals surface area (Å²) < 4.78 is 0. The third kappa shape index (κ3) is 3.75. The Morgan fingerprint density at radius 2 is 2.19 bits per heavy atom. The van der Waals surface area contributed by atoms with Gasteiger partial charge in [0.15, 0.2) is 0 Å². The van der Waals surface area contributed by atoms with E-state index < -0.39 is 4.92 Å². The van der Waals surface area contributed by atoms with E-state index >= 15 is 0 Å². The molecule has 0 bridgehead atoms. The molecule has 3 rings (SSSR count). The van der Waals surface area contributed by atoms with Crippen molar-refractivity contribution >= 4 is 28.6 Å². The lowest BCUT2D eigenvalue weighted by molar-refractivity contribution is -0.384. The molecule has 0 saturated heterocycles. The maximum Gasteiger partial charge on any atom is 0.271 e. The van der Waals surface area contributed by atoms with Crippen molar-refractivity contribution in [3.8, 4) is 10.6 Å². The Morgan fingerprint density at radius 3 is 2.90 bits per heavy atom. The highest BCUT2D eigenvalue weighted by Crippen LogP contribution is 2.30. The van der Waals surface area contributed by atoms with Crippen molar-refractivity contribution in [3.05, 3.63) is 38.3 Å². The fourth-order valence-corrected chi connectivity index (χ4v) is 3.00. The van der Waals surface area contributed by atoms with Crippen LogP contribution >= 0.6 is 22.9 Å². The highest BCUT2D eigenvalue weighted by Gasteiger charge is 2.20. The number of rotatable bonds is 6. The van der Waals surface area contributed by atoms with Gasteiger partial charge in [-0.1, -0.05) is 22.9 Å². The van der Waals surface area contributed by atoms with Gasteiger partial charge < -0.3 is 5.32 Å². The van der Waals surface area contributed by atoms with Gasteiger partial charge in [0.05, 0.1) is 4.92 Å². The first kappa shape index (κ1) is 14.4. The number of nitro benzene ring substituents is 1. The van der Waals surface area contributed by atoms with E-state index in [9.17, 15) is 10.1 Å². The summed E-state index contributed by atoms with van der Waals surface area (Å²) in [6.45, 7) is 0.884. The minimum Gasteiger partial charge on any atom is -0.314 e. The first-order valence-electron chi connectivity index (χ1n) is 6.63. The zero-order chi connectivity index (χ0) is 14.8. The average molecular weight is 325 g/mol. The molecule has 1 aliphatic carbocycles. The molecule has 1 heterocycles. The lowest BCUT2D eigenvalue weighted by atomic mass is 10.2. The lowest BCUT2D eigenvalue weighted by Crippen LogP contribution is -2.19. The van der Waals surface area contributed by atoms with Gasteiger partial charge >= 0.3 is 0 Å². The van der Waals surface area contributed by atoms with Crippen molar-refractivity contribution in [3.63, 3.8) is 0 Å². The maximum absolute atomic E-state index is 10.9. The van der Waals surface area contributed by atoms with Crippen molar-refractivity contribution in [1.82, 2.24) is 15.5 Å². The quantitative estimate of drug-likeness (QED) is 0.652. The summed E-state index contributed by atoms with van der Waals surface area (Å²) >= 11 is 7.36. The molecule has 0 aliphatic heterocycles. The smallest absolute Gasteiger partial charge is 0.271 e. The van der Waals surface area contributed by atoms with Gasteiger partial charge in [-0.2, -0.15) is 0 Å². The largest absolute Gasteiger partial charge is 0.314 e. The molecule has 1 fully saturated rings. The van der Waals surface area contributed by atoms with E-state index in [-0.39, 0.29) is 5.69 Å². The van der Waals surface area contributed by atoms with Gasteiger partial charge in [-0.15, -0.1) is 10.2 Å². The number of non-ortho nitro benzene ring substituents is 1. The molecule has 0 unspecified atom stereocenters. The molecule has 110 valence electrons. The lowest BCUT2D eigenvalue weighted by Gasteiger charge is -1.98.